The van der Waals surface area contributed by atoms with E-state index in [9.17, 15) is 5.11 Å². The summed E-state index contributed by atoms with van der Waals surface area (Å²) >= 11 is 6.04. The Morgan fingerprint density at radius 1 is 1.36 bits per heavy atom. The summed E-state index contributed by atoms with van der Waals surface area (Å²) in [6, 6.07) is 8.03. The molecule has 0 aliphatic heterocycles. The lowest BCUT2D eigenvalue weighted by atomic mass is 10.1. The smallest absolute Gasteiger partial charge is 0.0900 e. The molecule has 1 fully saturated rings. The summed E-state index contributed by atoms with van der Waals surface area (Å²) in [6.45, 7) is 7.12. The summed E-state index contributed by atoms with van der Waals surface area (Å²) < 4.78 is 5.51. The Kier molecular flexibility index (Phi) is 7.16. The fourth-order valence-corrected chi connectivity index (χ4v) is 2.77. The second kappa shape index (κ2) is 8.88. The molecule has 124 valence electrons. The molecule has 22 heavy (non-hydrogen) atoms. The van der Waals surface area contributed by atoms with Crippen LogP contribution in [-0.2, 0) is 11.2 Å². The standard InChI is InChI=1S/C18H28ClNO2/c1-14(2)22-13-18(21)12-20(11-16-6-7-16)9-8-15-4-3-5-17(19)10-15/h3-5,10,14,16,18,21H,6-9,11-13H2,1-2H3. The third kappa shape index (κ3) is 7.10. The first-order valence-electron chi connectivity index (χ1n) is 8.29. The van der Waals surface area contributed by atoms with Gasteiger partial charge in [0.2, 0.25) is 0 Å². The Morgan fingerprint density at radius 3 is 2.77 bits per heavy atom. The zero-order valence-electron chi connectivity index (χ0n) is 13.7. The lowest BCUT2D eigenvalue weighted by Crippen LogP contribution is -2.38. The highest BCUT2D eigenvalue weighted by atomic mass is 35.5. The van der Waals surface area contributed by atoms with Gasteiger partial charge in [0.15, 0.2) is 0 Å². The third-order valence-electron chi connectivity index (χ3n) is 3.91. The molecule has 1 aliphatic rings. The lowest BCUT2D eigenvalue weighted by molar-refractivity contribution is -0.00886. The molecule has 0 bridgehead atoms. The van der Waals surface area contributed by atoms with Gasteiger partial charge < -0.3 is 14.7 Å². The molecule has 4 heteroatoms. The van der Waals surface area contributed by atoms with Crippen molar-refractivity contribution in [2.45, 2.75) is 45.3 Å². The predicted octanol–water partition coefficient (Wildman–Crippen LogP) is 3.38. The van der Waals surface area contributed by atoms with Crippen molar-refractivity contribution in [1.82, 2.24) is 4.90 Å². The normalized spacial score (nSPS) is 16.5. The van der Waals surface area contributed by atoms with Crippen LogP contribution in [0.4, 0.5) is 0 Å². The fraction of sp³-hybridized carbons (Fsp3) is 0.667. The van der Waals surface area contributed by atoms with Crippen LogP contribution in [0.15, 0.2) is 24.3 Å². The van der Waals surface area contributed by atoms with Crippen molar-refractivity contribution in [3.05, 3.63) is 34.9 Å². The van der Waals surface area contributed by atoms with Crippen molar-refractivity contribution < 1.29 is 9.84 Å². The average Bonchev–Trinajstić information content (AvgIpc) is 3.27. The Labute approximate surface area is 139 Å². The summed E-state index contributed by atoms with van der Waals surface area (Å²) in [4.78, 5) is 2.37. The maximum atomic E-state index is 10.2. The second-order valence-electron chi connectivity index (χ2n) is 6.62. The number of hydrogen-bond acceptors (Lipinski definition) is 3. The number of rotatable bonds is 10. The molecule has 0 spiro atoms. The summed E-state index contributed by atoms with van der Waals surface area (Å²) in [6.07, 6.45) is 3.36. The molecule has 1 unspecified atom stereocenters. The number of aliphatic hydroxyl groups excluding tert-OH is 1. The van der Waals surface area contributed by atoms with Crippen LogP contribution in [0.5, 0.6) is 0 Å². The number of halogens is 1. The average molecular weight is 326 g/mol. The van der Waals surface area contributed by atoms with Crippen LogP contribution in [0.2, 0.25) is 5.02 Å². The predicted molar refractivity (Wildman–Crippen MR) is 91.4 cm³/mol. The molecule has 1 atom stereocenters. The Bertz CT molecular complexity index is 448. The highest BCUT2D eigenvalue weighted by Crippen LogP contribution is 2.29. The summed E-state index contributed by atoms with van der Waals surface area (Å²) in [5.41, 5.74) is 1.25. The molecule has 1 aliphatic carbocycles. The first kappa shape index (κ1) is 17.7. The minimum absolute atomic E-state index is 0.165. The third-order valence-corrected chi connectivity index (χ3v) is 4.15. The van der Waals surface area contributed by atoms with Gasteiger partial charge in [-0.3, -0.25) is 0 Å². The van der Waals surface area contributed by atoms with Crippen molar-refractivity contribution in [1.29, 1.82) is 0 Å². The molecule has 1 saturated carbocycles. The molecular weight excluding hydrogens is 298 g/mol. The molecule has 0 saturated heterocycles. The molecular formula is C18H28ClNO2. The van der Waals surface area contributed by atoms with Crippen LogP contribution in [0.3, 0.4) is 0 Å². The number of aliphatic hydroxyl groups is 1. The fourth-order valence-electron chi connectivity index (χ4n) is 2.56. The first-order chi connectivity index (χ1) is 10.5. The van der Waals surface area contributed by atoms with Crippen LogP contribution in [0.25, 0.3) is 0 Å². The van der Waals surface area contributed by atoms with E-state index in [-0.39, 0.29) is 6.10 Å². The van der Waals surface area contributed by atoms with Gasteiger partial charge in [0.05, 0.1) is 18.8 Å². The van der Waals surface area contributed by atoms with Gasteiger partial charge in [-0.2, -0.15) is 0 Å². The van der Waals surface area contributed by atoms with Crippen LogP contribution in [0, 0.1) is 5.92 Å². The maximum absolute atomic E-state index is 10.2. The molecule has 2 rings (SSSR count). The summed E-state index contributed by atoms with van der Waals surface area (Å²) in [5, 5.41) is 10.9. The van der Waals surface area contributed by atoms with E-state index in [0.29, 0.717) is 13.2 Å². The summed E-state index contributed by atoms with van der Waals surface area (Å²) in [7, 11) is 0. The second-order valence-corrected chi connectivity index (χ2v) is 7.06. The highest BCUT2D eigenvalue weighted by Gasteiger charge is 2.25. The van der Waals surface area contributed by atoms with E-state index in [1.807, 2.05) is 32.0 Å². The molecule has 0 heterocycles. The topological polar surface area (TPSA) is 32.7 Å². The first-order valence-corrected chi connectivity index (χ1v) is 8.67. The van der Waals surface area contributed by atoms with Gasteiger partial charge in [0.25, 0.3) is 0 Å². The lowest BCUT2D eigenvalue weighted by Gasteiger charge is -2.25. The summed E-state index contributed by atoms with van der Waals surface area (Å²) in [5.74, 6) is 0.817. The van der Waals surface area contributed by atoms with E-state index in [2.05, 4.69) is 11.0 Å². The van der Waals surface area contributed by atoms with Crippen LogP contribution in [0.1, 0.15) is 32.3 Å². The molecule has 0 radical (unpaired) electrons. The van der Waals surface area contributed by atoms with Crippen LogP contribution < -0.4 is 0 Å². The molecule has 1 aromatic carbocycles. The molecule has 3 nitrogen and oxygen atoms in total. The quantitative estimate of drug-likeness (QED) is 0.716. The molecule has 1 aromatic rings. The number of hydrogen-bond donors (Lipinski definition) is 1. The molecule has 0 aromatic heterocycles. The minimum atomic E-state index is -0.416. The monoisotopic (exact) mass is 325 g/mol. The van der Waals surface area contributed by atoms with Crippen LogP contribution >= 0.6 is 11.6 Å². The van der Waals surface area contributed by atoms with Gasteiger partial charge in [0, 0.05) is 24.7 Å². The maximum Gasteiger partial charge on any atom is 0.0900 e. The Morgan fingerprint density at radius 2 is 2.14 bits per heavy atom. The zero-order chi connectivity index (χ0) is 15.9. The van der Waals surface area contributed by atoms with E-state index in [1.165, 1.54) is 18.4 Å². The van der Waals surface area contributed by atoms with E-state index in [1.54, 1.807) is 0 Å². The number of nitrogens with zero attached hydrogens (tertiary/aromatic N) is 1. The van der Waals surface area contributed by atoms with Crippen LogP contribution in [-0.4, -0.2) is 48.5 Å². The minimum Gasteiger partial charge on any atom is -0.389 e. The number of ether oxygens (including phenoxy) is 1. The number of benzene rings is 1. The molecule has 0 amide bonds. The Hall–Kier alpha value is -0.610. The van der Waals surface area contributed by atoms with Crippen molar-refractivity contribution in [2.24, 2.45) is 5.92 Å². The highest BCUT2D eigenvalue weighted by molar-refractivity contribution is 6.30. The van der Waals surface area contributed by atoms with Gasteiger partial charge in [-0.15, -0.1) is 0 Å². The van der Waals surface area contributed by atoms with Gasteiger partial charge in [-0.1, -0.05) is 23.7 Å². The Balaban J connectivity index is 1.80. The van der Waals surface area contributed by atoms with Gasteiger partial charge in [-0.05, 0) is 56.7 Å². The van der Waals surface area contributed by atoms with E-state index in [0.717, 1.165) is 30.5 Å². The van der Waals surface area contributed by atoms with Crippen molar-refractivity contribution >= 4 is 11.6 Å². The molecule has 1 N–H and O–H groups in total. The van der Waals surface area contributed by atoms with E-state index in [4.69, 9.17) is 16.3 Å². The van der Waals surface area contributed by atoms with Gasteiger partial charge in [-0.25, -0.2) is 0 Å². The van der Waals surface area contributed by atoms with Crippen molar-refractivity contribution in [3.8, 4) is 0 Å². The SMILES string of the molecule is CC(C)OCC(O)CN(CCc1cccc(Cl)c1)CC1CC1. The van der Waals surface area contributed by atoms with Gasteiger partial charge >= 0.3 is 0 Å². The van der Waals surface area contributed by atoms with E-state index >= 15 is 0 Å². The van der Waals surface area contributed by atoms with Crippen molar-refractivity contribution in [3.63, 3.8) is 0 Å². The van der Waals surface area contributed by atoms with E-state index < -0.39 is 6.10 Å². The zero-order valence-corrected chi connectivity index (χ0v) is 14.4. The largest absolute Gasteiger partial charge is 0.389 e. The van der Waals surface area contributed by atoms with Gasteiger partial charge in [0.1, 0.15) is 0 Å². The van der Waals surface area contributed by atoms with Crippen molar-refractivity contribution in [2.75, 3.05) is 26.2 Å².